The Morgan fingerprint density at radius 3 is 2.50 bits per heavy atom. The molecule has 5 heteroatoms. The molecule has 3 fully saturated rings. The van der Waals surface area contributed by atoms with Gasteiger partial charge in [0.25, 0.3) is 0 Å². The summed E-state index contributed by atoms with van der Waals surface area (Å²) in [4.78, 5) is 19.8. The number of rotatable bonds is 8. The first kappa shape index (κ1) is 21.6. The van der Waals surface area contributed by atoms with Gasteiger partial charge >= 0.3 is 0 Å². The third kappa shape index (κ3) is 5.55. The van der Waals surface area contributed by atoms with Crippen molar-refractivity contribution < 1.29 is 9.53 Å². The lowest BCUT2D eigenvalue weighted by molar-refractivity contribution is -0.117. The van der Waals surface area contributed by atoms with Crippen LogP contribution >= 0.6 is 0 Å². The third-order valence-electron chi connectivity index (χ3n) is 7.16. The topological polar surface area (TPSA) is 36.0 Å². The first-order chi connectivity index (χ1) is 14.7. The average molecular weight is 414 g/mol. The fourth-order valence-electron chi connectivity index (χ4n) is 5.33. The summed E-state index contributed by atoms with van der Waals surface area (Å²) in [6.45, 7) is 8.89. The van der Waals surface area contributed by atoms with Crippen molar-refractivity contribution in [1.82, 2.24) is 9.80 Å². The fraction of sp³-hybridized carbons (Fsp3) is 0.720. The monoisotopic (exact) mass is 413 g/mol. The number of carbonyl (C=O) groups is 1. The van der Waals surface area contributed by atoms with Gasteiger partial charge in [-0.05, 0) is 89.3 Å². The van der Waals surface area contributed by atoms with Crippen molar-refractivity contribution >= 4 is 11.6 Å². The van der Waals surface area contributed by atoms with Gasteiger partial charge in [-0.25, -0.2) is 0 Å². The first-order valence-electron chi connectivity index (χ1n) is 12.2. The van der Waals surface area contributed by atoms with Crippen molar-refractivity contribution in [1.29, 1.82) is 0 Å². The van der Waals surface area contributed by atoms with Gasteiger partial charge < -0.3 is 14.5 Å². The van der Waals surface area contributed by atoms with Crippen LogP contribution in [0.4, 0.5) is 5.69 Å². The molecule has 3 heterocycles. The predicted octanol–water partition coefficient (Wildman–Crippen LogP) is 4.31. The maximum Gasteiger partial charge on any atom is 0.227 e. The number of anilines is 1. The van der Waals surface area contributed by atoms with E-state index in [2.05, 4.69) is 28.9 Å². The molecule has 30 heavy (non-hydrogen) atoms. The molecule has 0 saturated carbocycles. The van der Waals surface area contributed by atoms with Crippen molar-refractivity contribution in [3.05, 3.63) is 24.3 Å². The van der Waals surface area contributed by atoms with Crippen LogP contribution in [0.5, 0.6) is 5.75 Å². The summed E-state index contributed by atoms with van der Waals surface area (Å²) in [5, 5.41) is 0. The van der Waals surface area contributed by atoms with Gasteiger partial charge in [0.2, 0.25) is 5.91 Å². The first-order valence-corrected chi connectivity index (χ1v) is 12.2. The summed E-state index contributed by atoms with van der Waals surface area (Å²) in [6.07, 6.45) is 10.7. The van der Waals surface area contributed by atoms with Gasteiger partial charge in [-0.15, -0.1) is 0 Å². The zero-order valence-corrected chi connectivity index (χ0v) is 18.7. The van der Waals surface area contributed by atoms with E-state index >= 15 is 0 Å². The summed E-state index contributed by atoms with van der Waals surface area (Å²) in [6, 6.07) is 9.13. The third-order valence-corrected chi connectivity index (χ3v) is 7.16. The Balaban J connectivity index is 1.27. The molecule has 3 saturated heterocycles. The molecule has 166 valence electrons. The minimum Gasteiger partial charge on any atom is -0.494 e. The number of nitrogens with zero attached hydrogens (tertiary/aromatic N) is 3. The number of likely N-dealkylation sites (tertiary alicyclic amines) is 2. The molecular formula is C25H39N3O2. The van der Waals surface area contributed by atoms with E-state index < -0.39 is 0 Å². The summed E-state index contributed by atoms with van der Waals surface area (Å²) >= 11 is 0. The Morgan fingerprint density at radius 1 is 0.967 bits per heavy atom. The van der Waals surface area contributed by atoms with Crippen LogP contribution in [0.25, 0.3) is 0 Å². The zero-order valence-electron chi connectivity index (χ0n) is 18.7. The van der Waals surface area contributed by atoms with Crippen LogP contribution in [0.1, 0.15) is 64.7 Å². The second kappa shape index (κ2) is 10.6. The molecule has 2 atom stereocenters. The molecule has 5 nitrogen and oxygen atoms in total. The van der Waals surface area contributed by atoms with E-state index in [4.69, 9.17) is 4.74 Å². The lowest BCUT2D eigenvalue weighted by Gasteiger charge is -2.37. The standard InChI is InChI=1S/C25H39N3O2/c1-21-8-3-6-18-27(21)20-23-11-14-25(29)28(23)22-9-12-24(13-10-22)30-19-7-17-26-15-4-2-5-16-26/h9-10,12-13,21,23H,2-8,11,14-20H2,1H3/t21?,23-/m0/s1. The molecule has 3 aliphatic heterocycles. The van der Waals surface area contributed by atoms with Crippen LogP contribution in [0, 0.1) is 0 Å². The van der Waals surface area contributed by atoms with Gasteiger partial charge in [-0.3, -0.25) is 9.69 Å². The molecule has 1 unspecified atom stereocenters. The van der Waals surface area contributed by atoms with Crippen molar-refractivity contribution in [3.8, 4) is 5.75 Å². The normalized spacial score (nSPS) is 26.3. The maximum atomic E-state index is 12.6. The quantitative estimate of drug-likeness (QED) is 0.595. The van der Waals surface area contributed by atoms with E-state index in [9.17, 15) is 4.79 Å². The van der Waals surface area contributed by atoms with E-state index in [0.29, 0.717) is 18.5 Å². The number of benzene rings is 1. The average Bonchev–Trinajstić information content (AvgIpc) is 3.14. The van der Waals surface area contributed by atoms with Crippen molar-refractivity contribution in [2.24, 2.45) is 0 Å². The number of ether oxygens (including phenoxy) is 1. The summed E-state index contributed by atoms with van der Waals surface area (Å²) in [5.74, 6) is 1.17. The van der Waals surface area contributed by atoms with E-state index in [0.717, 1.165) is 44.0 Å². The van der Waals surface area contributed by atoms with Crippen molar-refractivity contribution in [2.45, 2.75) is 76.8 Å². The molecule has 0 spiro atoms. The van der Waals surface area contributed by atoms with Crippen LogP contribution in [-0.4, -0.2) is 67.1 Å². The molecule has 0 bridgehead atoms. The van der Waals surface area contributed by atoms with Crippen LogP contribution < -0.4 is 9.64 Å². The summed E-state index contributed by atoms with van der Waals surface area (Å²) < 4.78 is 5.97. The largest absolute Gasteiger partial charge is 0.494 e. The van der Waals surface area contributed by atoms with Crippen LogP contribution in [0.2, 0.25) is 0 Å². The van der Waals surface area contributed by atoms with Crippen LogP contribution in [-0.2, 0) is 4.79 Å². The highest BCUT2D eigenvalue weighted by Gasteiger charge is 2.34. The highest BCUT2D eigenvalue weighted by atomic mass is 16.5. The maximum absolute atomic E-state index is 12.6. The Labute approximate surface area is 182 Å². The molecule has 3 aliphatic rings. The van der Waals surface area contributed by atoms with Crippen molar-refractivity contribution in [3.63, 3.8) is 0 Å². The Kier molecular flexibility index (Phi) is 7.67. The lowest BCUT2D eigenvalue weighted by atomic mass is 10.0. The molecule has 0 N–H and O–H groups in total. The highest BCUT2D eigenvalue weighted by Crippen LogP contribution is 2.30. The molecule has 0 aromatic heterocycles. The van der Waals surface area contributed by atoms with Crippen LogP contribution in [0.15, 0.2) is 24.3 Å². The second-order valence-corrected chi connectivity index (χ2v) is 9.39. The number of hydrogen-bond acceptors (Lipinski definition) is 4. The molecule has 1 aromatic rings. The van der Waals surface area contributed by atoms with Gasteiger partial charge in [0.15, 0.2) is 0 Å². The number of piperidine rings is 2. The van der Waals surface area contributed by atoms with Crippen molar-refractivity contribution in [2.75, 3.05) is 44.2 Å². The number of carbonyl (C=O) groups excluding carboxylic acids is 1. The number of amides is 1. The SMILES string of the molecule is CC1CCCCN1C[C@@H]1CCC(=O)N1c1ccc(OCCCN2CCCCC2)cc1. The predicted molar refractivity (Wildman–Crippen MR) is 122 cm³/mol. The van der Waals surface area contributed by atoms with Gasteiger partial charge in [-0.2, -0.15) is 0 Å². The number of hydrogen-bond donors (Lipinski definition) is 0. The molecule has 1 aromatic carbocycles. The van der Waals surface area contributed by atoms with E-state index in [1.54, 1.807) is 0 Å². The zero-order chi connectivity index (χ0) is 20.8. The van der Waals surface area contributed by atoms with Gasteiger partial charge in [-0.1, -0.05) is 12.8 Å². The molecule has 4 rings (SSSR count). The molecule has 1 amide bonds. The van der Waals surface area contributed by atoms with E-state index in [1.807, 2.05) is 17.0 Å². The Hall–Kier alpha value is -1.59. The highest BCUT2D eigenvalue weighted by molar-refractivity contribution is 5.96. The lowest BCUT2D eigenvalue weighted by Crippen LogP contribution is -2.47. The fourth-order valence-corrected chi connectivity index (χ4v) is 5.33. The summed E-state index contributed by atoms with van der Waals surface area (Å²) in [7, 11) is 0. The Morgan fingerprint density at radius 2 is 1.73 bits per heavy atom. The van der Waals surface area contributed by atoms with Gasteiger partial charge in [0.1, 0.15) is 5.75 Å². The molecule has 0 radical (unpaired) electrons. The van der Waals surface area contributed by atoms with Gasteiger partial charge in [0, 0.05) is 31.2 Å². The van der Waals surface area contributed by atoms with Gasteiger partial charge in [0.05, 0.1) is 12.6 Å². The smallest absolute Gasteiger partial charge is 0.227 e. The van der Waals surface area contributed by atoms with E-state index in [-0.39, 0.29) is 5.91 Å². The Bertz CT molecular complexity index is 671. The molecule has 0 aliphatic carbocycles. The minimum absolute atomic E-state index is 0.264. The summed E-state index contributed by atoms with van der Waals surface area (Å²) in [5.41, 5.74) is 1.02. The van der Waals surface area contributed by atoms with E-state index in [1.165, 1.54) is 58.2 Å². The molecular weight excluding hydrogens is 374 g/mol. The minimum atomic E-state index is 0.264. The second-order valence-electron chi connectivity index (χ2n) is 9.39. The van der Waals surface area contributed by atoms with Crippen LogP contribution in [0.3, 0.4) is 0 Å².